The zero-order valence-electron chi connectivity index (χ0n) is 7.56. The quantitative estimate of drug-likeness (QED) is 0.843. The van der Waals surface area contributed by atoms with E-state index >= 15 is 0 Å². The summed E-state index contributed by atoms with van der Waals surface area (Å²) in [7, 11) is 1.89. The van der Waals surface area contributed by atoms with E-state index in [9.17, 15) is 0 Å². The molecule has 0 amide bonds. The third-order valence-corrected chi connectivity index (χ3v) is 2.18. The van der Waals surface area contributed by atoms with Crippen molar-refractivity contribution in [2.45, 2.75) is 19.8 Å². The molecular formula is C9H13BrN2. The molecule has 2 nitrogen and oxygen atoms in total. The van der Waals surface area contributed by atoms with Crippen LogP contribution in [-0.4, -0.2) is 12.0 Å². The lowest BCUT2D eigenvalue weighted by atomic mass is 10.0. The van der Waals surface area contributed by atoms with E-state index in [0.29, 0.717) is 5.92 Å². The molecular weight excluding hydrogens is 216 g/mol. The maximum Gasteiger partial charge on any atom is 0.129 e. The second-order valence-corrected chi connectivity index (χ2v) is 3.91. The number of hydrogen-bond donors (Lipinski definition) is 1. The largest absolute Gasteiger partial charge is 0.373 e. The third-order valence-electron chi connectivity index (χ3n) is 1.74. The van der Waals surface area contributed by atoms with Crippen LogP contribution in [0.2, 0.25) is 0 Å². The van der Waals surface area contributed by atoms with E-state index in [1.165, 1.54) is 5.56 Å². The molecule has 1 N–H and O–H groups in total. The molecule has 66 valence electrons. The molecule has 0 fully saturated rings. The molecule has 1 aromatic rings. The van der Waals surface area contributed by atoms with E-state index in [1.807, 2.05) is 7.05 Å². The molecule has 1 aromatic heterocycles. The van der Waals surface area contributed by atoms with Crippen LogP contribution in [0.25, 0.3) is 0 Å². The molecule has 0 bridgehead atoms. The second-order valence-electron chi connectivity index (χ2n) is 3.00. The van der Waals surface area contributed by atoms with Gasteiger partial charge in [-0.2, -0.15) is 0 Å². The van der Waals surface area contributed by atoms with Crippen molar-refractivity contribution in [2.75, 3.05) is 12.4 Å². The summed E-state index contributed by atoms with van der Waals surface area (Å²) in [5.41, 5.74) is 1.24. The summed E-state index contributed by atoms with van der Waals surface area (Å²) in [6.45, 7) is 4.31. The van der Waals surface area contributed by atoms with Crippen LogP contribution in [0, 0.1) is 0 Å². The Balaban J connectivity index is 3.12. The molecule has 0 aliphatic heterocycles. The predicted octanol–water partition coefficient (Wildman–Crippen LogP) is 3.01. The summed E-state index contributed by atoms with van der Waals surface area (Å²) in [4.78, 5) is 4.26. The van der Waals surface area contributed by atoms with Gasteiger partial charge in [-0.15, -0.1) is 0 Å². The van der Waals surface area contributed by atoms with Crippen LogP contribution in [0.15, 0.2) is 16.7 Å². The highest BCUT2D eigenvalue weighted by molar-refractivity contribution is 9.10. The topological polar surface area (TPSA) is 24.9 Å². The van der Waals surface area contributed by atoms with E-state index in [-0.39, 0.29) is 0 Å². The van der Waals surface area contributed by atoms with E-state index < -0.39 is 0 Å². The van der Waals surface area contributed by atoms with Crippen LogP contribution in [0.5, 0.6) is 0 Å². The highest BCUT2D eigenvalue weighted by Gasteiger charge is 2.06. The van der Waals surface area contributed by atoms with Gasteiger partial charge in [0, 0.05) is 17.7 Å². The monoisotopic (exact) mass is 228 g/mol. The Hall–Kier alpha value is -0.570. The smallest absolute Gasteiger partial charge is 0.129 e. The summed E-state index contributed by atoms with van der Waals surface area (Å²) >= 11 is 3.40. The minimum Gasteiger partial charge on any atom is -0.373 e. The average Bonchev–Trinajstić information content (AvgIpc) is 2.04. The van der Waals surface area contributed by atoms with E-state index in [0.717, 1.165) is 10.3 Å². The lowest BCUT2D eigenvalue weighted by Gasteiger charge is -2.10. The summed E-state index contributed by atoms with van der Waals surface area (Å²) < 4.78 is 1.03. The van der Waals surface area contributed by atoms with Gasteiger partial charge in [-0.1, -0.05) is 13.8 Å². The van der Waals surface area contributed by atoms with Crippen molar-refractivity contribution in [1.82, 2.24) is 4.98 Å². The molecule has 0 aliphatic rings. The Labute approximate surface area is 81.5 Å². The van der Waals surface area contributed by atoms with Crippen molar-refractivity contribution >= 4 is 21.7 Å². The van der Waals surface area contributed by atoms with Crippen LogP contribution in [0.4, 0.5) is 5.82 Å². The van der Waals surface area contributed by atoms with Crippen molar-refractivity contribution in [3.63, 3.8) is 0 Å². The zero-order chi connectivity index (χ0) is 9.14. The van der Waals surface area contributed by atoms with Crippen LogP contribution in [0.3, 0.4) is 0 Å². The third kappa shape index (κ3) is 1.97. The summed E-state index contributed by atoms with van der Waals surface area (Å²) in [6.07, 6.45) is 1.80. The highest BCUT2D eigenvalue weighted by Crippen LogP contribution is 2.24. The van der Waals surface area contributed by atoms with Gasteiger partial charge in [-0.25, -0.2) is 4.98 Å². The fraction of sp³-hybridized carbons (Fsp3) is 0.444. The first-order valence-corrected chi connectivity index (χ1v) is 4.77. The predicted molar refractivity (Wildman–Crippen MR) is 55.6 cm³/mol. The molecule has 0 atom stereocenters. The number of rotatable bonds is 2. The Morgan fingerprint density at radius 1 is 1.50 bits per heavy atom. The second kappa shape index (κ2) is 3.90. The van der Waals surface area contributed by atoms with Crippen LogP contribution >= 0.6 is 15.9 Å². The van der Waals surface area contributed by atoms with Crippen molar-refractivity contribution < 1.29 is 0 Å². The molecule has 0 aliphatic carbocycles. The fourth-order valence-corrected chi connectivity index (χ4v) is 1.45. The Kier molecular flexibility index (Phi) is 3.09. The summed E-state index contributed by atoms with van der Waals surface area (Å²) in [6, 6.07) is 2.10. The van der Waals surface area contributed by atoms with Crippen LogP contribution in [0.1, 0.15) is 25.3 Å². The molecule has 3 heteroatoms. The number of pyridine rings is 1. The lowest BCUT2D eigenvalue weighted by Crippen LogP contribution is -1.99. The van der Waals surface area contributed by atoms with Gasteiger partial charge in [0.25, 0.3) is 0 Å². The van der Waals surface area contributed by atoms with Gasteiger partial charge < -0.3 is 5.32 Å². The standard InChI is InChI=1S/C9H13BrN2/c1-6(2)8-4-7(10)5-12-9(8)11-3/h4-6H,1-3H3,(H,11,12). The molecule has 1 heterocycles. The van der Waals surface area contributed by atoms with Gasteiger partial charge in [-0.3, -0.25) is 0 Å². The summed E-state index contributed by atoms with van der Waals surface area (Å²) in [5.74, 6) is 1.46. The number of anilines is 1. The molecule has 12 heavy (non-hydrogen) atoms. The number of nitrogens with one attached hydrogen (secondary N) is 1. The SMILES string of the molecule is CNc1ncc(Br)cc1C(C)C. The molecule has 0 aromatic carbocycles. The van der Waals surface area contributed by atoms with Gasteiger partial charge >= 0.3 is 0 Å². The minimum absolute atomic E-state index is 0.498. The van der Waals surface area contributed by atoms with Gasteiger partial charge in [0.2, 0.25) is 0 Å². The summed E-state index contributed by atoms with van der Waals surface area (Å²) in [5, 5.41) is 3.07. The molecule has 0 unspecified atom stereocenters. The Morgan fingerprint density at radius 2 is 2.17 bits per heavy atom. The van der Waals surface area contributed by atoms with Gasteiger partial charge in [0.05, 0.1) is 0 Å². The van der Waals surface area contributed by atoms with Crippen LogP contribution in [-0.2, 0) is 0 Å². The maximum atomic E-state index is 4.26. The normalized spacial score (nSPS) is 10.4. The number of nitrogens with zero attached hydrogens (tertiary/aromatic N) is 1. The van der Waals surface area contributed by atoms with Crippen molar-refractivity contribution in [3.8, 4) is 0 Å². The highest BCUT2D eigenvalue weighted by atomic mass is 79.9. The average molecular weight is 229 g/mol. The van der Waals surface area contributed by atoms with Gasteiger partial charge in [0.1, 0.15) is 5.82 Å². The molecule has 0 spiro atoms. The van der Waals surface area contributed by atoms with Gasteiger partial charge in [0.15, 0.2) is 0 Å². The Bertz CT molecular complexity index is 271. The van der Waals surface area contributed by atoms with Gasteiger partial charge in [-0.05, 0) is 33.5 Å². The first kappa shape index (κ1) is 9.52. The molecule has 0 saturated heterocycles. The first-order valence-electron chi connectivity index (χ1n) is 3.98. The van der Waals surface area contributed by atoms with Crippen LogP contribution < -0.4 is 5.32 Å². The molecule has 0 radical (unpaired) electrons. The van der Waals surface area contributed by atoms with E-state index in [4.69, 9.17) is 0 Å². The van der Waals surface area contributed by atoms with Crippen molar-refractivity contribution in [2.24, 2.45) is 0 Å². The number of halogens is 1. The Morgan fingerprint density at radius 3 is 2.67 bits per heavy atom. The minimum atomic E-state index is 0.498. The van der Waals surface area contributed by atoms with E-state index in [2.05, 4.69) is 46.1 Å². The van der Waals surface area contributed by atoms with E-state index in [1.54, 1.807) is 6.20 Å². The van der Waals surface area contributed by atoms with Crippen molar-refractivity contribution in [3.05, 3.63) is 22.3 Å². The molecule has 0 saturated carbocycles. The first-order chi connectivity index (χ1) is 5.65. The number of aromatic nitrogens is 1. The maximum absolute atomic E-state index is 4.26. The number of hydrogen-bond acceptors (Lipinski definition) is 2. The lowest BCUT2D eigenvalue weighted by molar-refractivity contribution is 0.859. The zero-order valence-corrected chi connectivity index (χ0v) is 9.14. The molecule has 1 rings (SSSR count). The van der Waals surface area contributed by atoms with Crippen molar-refractivity contribution in [1.29, 1.82) is 0 Å². The fourth-order valence-electron chi connectivity index (χ4n) is 1.10.